The highest BCUT2D eigenvalue weighted by molar-refractivity contribution is 5.94. The summed E-state index contributed by atoms with van der Waals surface area (Å²) in [7, 11) is 1.85. The fraction of sp³-hybridized carbons (Fsp3) is 0.314. The molecular formula is C35H38FN5O2. The number of fused-ring (bicyclic) bond motifs is 1. The number of furan rings is 1. The number of anilines is 1. The average Bonchev–Trinajstić information content (AvgIpc) is 3.62. The summed E-state index contributed by atoms with van der Waals surface area (Å²) in [6, 6.07) is 26.4. The zero-order valence-corrected chi connectivity index (χ0v) is 24.6. The Morgan fingerprint density at radius 2 is 1.74 bits per heavy atom. The molecule has 1 aliphatic heterocycles. The lowest BCUT2D eigenvalue weighted by Crippen LogP contribution is -2.35. The molecule has 7 nitrogen and oxygen atoms in total. The molecule has 43 heavy (non-hydrogen) atoms. The first-order valence-electron chi connectivity index (χ1n) is 15.0. The van der Waals surface area contributed by atoms with E-state index in [1.54, 1.807) is 17.4 Å². The summed E-state index contributed by atoms with van der Waals surface area (Å²) in [6.45, 7) is 5.90. The van der Waals surface area contributed by atoms with Gasteiger partial charge in [-0.25, -0.2) is 9.37 Å². The first kappa shape index (κ1) is 28.7. The van der Waals surface area contributed by atoms with E-state index in [4.69, 9.17) is 9.40 Å². The van der Waals surface area contributed by atoms with Crippen LogP contribution in [0.1, 0.15) is 40.2 Å². The van der Waals surface area contributed by atoms with Crippen LogP contribution in [0.5, 0.6) is 0 Å². The smallest absolute Gasteiger partial charge is 0.253 e. The number of hydrogen-bond donors (Lipinski definition) is 0. The van der Waals surface area contributed by atoms with Gasteiger partial charge in [-0.2, -0.15) is 0 Å². The minimum absolute atomic E-state index is 0.00330. The molecule has 222 valence electrons. The molecule has 0 spiro atoms. The number of likely N-dealkylation sites (N-methyl/N-ethyl adjacent to an activating group) is 1. The minimum atomic E-state index is -0.248. The van der Waals surface area contributed by atoms with Crippen molar-refractivity contribution < 1.29 is 13.6 Å². The number of nitrogens with zero attached hydrogens (tertiary/aromatic N) is 5. The number of hydrogen-bond acceptors (Lipinski definition) is 5. The van der Waals surface area contributed by atoms with Gasteiger partial charge in [0.25, 0.3) is 5.91 Å². The Balaban J connectivity index is 1.14. The molecule has 1 fully saturated rings. The maximum Gasteiger partial charge on any atom is 0.253 e. The zero-order valence-electron chi connectivity index (χ0n) is 24.6. The summed E-state index contributed by atoms with van der Waals surface area (Å²) >= 11 is 0. The normalized spacial score (nSPS) is 15.0. The first-order valence-corrected chi connectivity index (χ1v) is 15.0. The lowest BCUT2D eigenvalue weighted by molar-refractivity contribution is 0.0782. The van der Waals surface area contributed by atoms with Gasteiger partial charge in [0.1, 0.15) is 5.82 Å². The fourth-order valence-corrected chi connectivity index (χ4v) is 6.07. The molecule has 0 saturated carbocycles. The number of halogens is 1. The Hall–Kier alpha value is -4.43. The largest absolute Gasteiger partial charge is 0.472 e. The van der Waals surface area contributed by atoms with Crippen molar-refractivity contribution in [1.29, 1.82) is 0 Å². The third-order valence-electron chi connectivity index (χ3n) is 8.42. The Morgan fingerprint density at radius 1 is 0.953 bits per heavy atom. The number of para-hydroxylation sites is 2. The van der Waals surface area contributed by atoms with E-state index in [1.165, 1.54) is 12.1 Å². The summed E-state index contributed by atoms with van der Waals surface area (Å²) in [5, 5.41) is 0. The number of imidazole rings is 1. The molecule has 1 atom stereocenters. The third-order valence-corrected chi connectivity index (χ3v) is 8.42. The van der Waals surface area contributed by atoms with Crippen molar-refractivity contribution >= 4 is 22.9 Å². The number of benzene rings is 3. The van der Waals surface area contributed by atoms with Gasteiger partial charge in [-0.05, 0) is 74.0 Å². The number of carbonyl (C=O) groups excluding carboxylic acids is 1. The molecule has 1 unspecified atom stereocenters. The second kappa shape index (κ2) is 13.3. The predicted molar refractivity (Wildman–Crippen MR) is 168 cm³/mol. The molecule has 3 heterocycles. The maximum absolute atomic E-state index is 13.8. The Labute approximate surface area is 252 Å². The van der Waals surface area contributed by atoms with E-state index in [-0.39, 0.29) is 17.6 Å². The standard InChI is InChI=1S/C35H38FN5O2/c1-38(34(42)29-8-3-2-4-9-29)25-30(28-12-14-31(36)15-13-28)16-20-39-18-7-19-40(22-21-39)35-37-32-10-5-6-11-33(32)41(35)24-27-17-23-43-26-27/h2-6,8-15,17,23,26,30H,7,16,18-22,24-25H2,1H3. The van der Waals surface area contributed by atoms with Crippen molar-refractivity contribution in [2.24, 2.45) is 0 Å². The number of rotatable bonds is 10. The van der Waals surface area contributed by atoms with Crippen LogP contribution in [-0.4, -0.2) is 71.6 Å². The number of carbonyl (C=O) groups is 1. The second-order valence-corrected chi connectivity index (χ2v) is 11.4. The highest BCUT2D eigenvalue weighted by Crippen LogP contribution is 2.26. The lowest BCUT2D eigenvalue weighted by atomic mass is 9.94. The van der Waals surface area contributed by atoms with Crippen LogP contribution in [0.4, 0.5) is 10.3 Å². The predicted octanol–water partition coefficient (Wildman–Crippen LogP) is 6.27. The quantitative estimate of drug-likeness (QED) is 0.195. The second-order valence-electron chi connectivity index (χ2n) is 11.4. The van der Waals surface area contributed by atoms with Gasteiger partial charge in [-0.3, -0.25) is 4.79 Å². The first-order chi connectivity index (χ1) is 21.0. The van der Waals surface area contributed by atoms with Gasteiger partial charge in [0.15, 0.2) is 0 Å². The van der Waals surface area contributed by atoms with Gasteiger partial charge in [-0.15, -0.1) is 0 Å². The van der Waals surface area contributed by atoms with Crippen molar-refractivity contribution in [3.8, 4) is 0 Å². The van der Waals surface area contributed by atoms with E-state index in [0.717, 1.165) is 73.7 Å². The van der Waals surface area contributed by atoms with E-state index in [0.29, 0.717) is 18.7 Å². The molecule has 1 aliphatic rings. The van der Waals surface area contributed by atoms with Crippen molar-refractivity contribution in [1.82, 2.24) is 19.4 Å². The summed E-state index contributed by atoms with van der Waals surface area (Å²) in [5.74, 6) is 0.838. The van der Waals surface area contributed by atoms with E-state index in [1.807, 2.05) is 61.6 Å². The van der Waals surface area contributed by atoms with Crippen LogP contribution in [-0.2, 0) is 6.54 Å². The van der Waals surface area contributed by atoms with E-state index in [2.05, 4.69) is 32.6 Å². The van der Waals surface area contributed by atoms with Crippen molar-refractivity contribution in [2.45, 2.75) is 25.3 Å². The van der Waals surface area contributed by atoms with Gasteiger partial charge < -0.3 is 23.7 Å². The third kappa shape index (κ3) is 6.81. The van der Waals surface area contributed by atoms with Crippen molar-refractivity contribution in [3.63, 3.8) is 0 Å². The van der Waals surface area contributed by atoms with Crippen LogP contribution in [0.3, 0.4) is 0 Å². The van der Waals surface area contributed by atoms with Crippen LogP contribution in [0.15, 0.2) is 102 Å². The summed E-state index contributed by atoms with van der Waals surface area (Å²) in [5.41, 5.74) is 4.96. The Bertz CT molecular complexity index is 1620. The van der Waals surface area contributed by atoms with Crippen LogP contribution in [0.2, 0.25) is 0 Å². The van der Waals surface area contributed by atoms with Crippen LogP contribution in [0.25, 0.3) is 11.0 Å². The van der Waals surface area contributed by atoms with Crippen molar-refractivity contribution in [2.75, 3.05) is 51.2 Å². The monoisotopic (exact) mass is 579 g/mol. The van der Waals surface area contributed by atoms with Gasteiger partial charge in [-0.1, -0.05) is 42.5 Å². The molecule has 1 amide bonds. The molecular weight excluding hydrogens is 541 g/mol. The molecule has 6 rings (SSSR count). The summed E-state index contributed by atoms with van der Waals surface area (Å²) < 4.78 is 21.4. The molecule has 0 aliphatic carbocycles. The molecule has 5 aromatic rings. The van der Waals surface area contributed by atoms with Gasteiger partial charge in [0, 0.05) is 50.3 Å². The van der Waals surface area contributed by atoms with E-state index < -0.39 is 0 Å². The lowest BCUT2D eigenvalue weighted by Gasteiger charge is -2.28. The average molecular weight is 580 g/mol. The summed E-state index contributed by atoms with van der Waals surface area (Å²) in [4.78, 5) is 24.9. The van der Waals surface area contributed by atoms with Crippen LogP contribution in [0, 0.1) is 5.82 Å². The van der Waals surface area contributed by atoms with Gasteiger partial charge in [0.2, 0.25) is 5.95 Å². The Kier molecular flexibility index (Phi) is 8.84. The number of amides is 1. The Morgan fingerprint density at radius 3 is 2.53 bits per heavy atom. The van der Waals surface area contributed by atoms with E-state index >= 15 is 0 Å². The SMILES string of the molecule is CN(CC(CCN1CCCN(c2nc3ccccc3n2Cc2ccoc2)CC1)c1ccc(F)cc1)C(=O)c1ccccc1. The fourth-order valence-electron chi connectivity index (χ4n) is 6.07. The molecule has 8 heteroatoms. The van der Waals surface area contributed by atoms with Crippen LogP contribution < -0.4 is 4.90 Å². The summed E-state index contributed by atoms with van der Waals surface area (Å²) in [6.07, 6.45) is 5.41. The maximum atomic E-state index is 13.8. The van der Waals surface area contributed by atoms with Gasteiger partial charge >= 0.3 is 0 Å². The highest BCUT2D eigenvalue weighted by Gasteiger charge is 2.24. The molecule has 0 radical (unpaired) electrons. The molecule has 1 saturated heterocycles. The zero-order chi connectivity index (χ0) is 29.6. The molecule has 3 aromatic carbocycles. The highest BCUT2D eigenvalue weighted by atomic mass is 19.1. The minimum Gasteiger partial charge on any atom is -0.472 e. The topological polar surface area (TPSA) is 57.8 Å². The van der Waals surface area contributed by atoms with Gasteiger partial charge in [0.05, 0.1) is 30.1 Å². The van der Waals surface area contributed by atoms with Crippen molar-refractivity contribution in [3.05, 3.63) is 120 Å². The molecule has 2 aromatic heterocycles. The van der Waals surface area contributed by atoms with Crippen LogP contribution >= 0.6 is 0 Å². The van der Waals surface area contributed by atoms with E-state index in [9.17, 15) is 9.18 Å². The molecule has 0 N–H and O–H groups in total. The number of aromatic nitrogens is 2. The molecule has 0 bridgehead atoms.